The van der Waals surface area contributed by atoms with E-state index in [9.17, 15) is 14.4 Å². The zero-order chi connectivity index (χ0) is 17.5. The largest absolute Gasteiger partial charge is 0.444 e. The third-order valence-corrected chi connectivity index (χ3v) is 3.51. The standard InChI is InChI=1S/C16H29N3O4/c1-5-13(20)18-9-6-10-19(12-11-18)14(21)7-8-17-15(22)23-16(2,3)4/h5-12H2,1-4H3,(H,17,22). The lowest BCUT2D eigenvalue weighted by Crippen LogP contribution is -2.39. The zero-order valence-electron chi connectivity index (χ0n) is 14.7. The minimum Gasteiger partial charge on any atom is -0.444 e. The van der Waals surface area contributed by atoms with Crippen LogP contribution in [0, 0.1) is 0 Å². The SMILES string of the molecule is CCC(=O)N1CCCN(C(=O)CCNC(=O)OC(C)(C)C)CC1. The van der Waals surface area contributed by atoms with Crippen molar-refractivity contribution >= 4 is 17.9 Å². The third-order valence-electron chi connectivity index (χ3n) is 3.51. The van der Waals surface area contributed by atoms with Gasteiger partial charge >= 0.3 is 6.09 Å². The molecular formula is C16H29N3O4. The molecule has 0 unspecified atom stereocenters. The highest BCUT2D eigenvalue weighted by Gasteiger charge is 2.21. The van der Waals surface area contributed by atoms with Gasteiger partial charge in [-0.25, -0.2) is 4.79 Å². The number of alkyl carbamates (subject to hydrolysis) is 1. The van der Waals surface area contributed by atoms with Gasteiger partial charge in [-0.15, -0.1) is 0 Å². The van der Waals surface area contributed by atoms with Crippen molar-refractivity contribution in [1.29, 1.82) is 0 Å². The molecule has 1 fully saturated rings. The Hall–Kier alpha value is -1.79. The Morgan fingerprint density at radius 1 is 1.00 bits per heavy atom. The van der Waals surface area contributed by atoms with Gasteiger partial charge in [0.2, 0.25) is 11.8 Å². The van der Waals surface area contributed by atoms with Gasteiger partial charge in [-0.2, -0.15) is 0 Å². The number of carbonyl (C=O) groups is 3. The fourth-order valence-electron chi connectivity index (χ4n) is 2.38. The maximum atomic E-state index is 12.2. The number of carbonyl (C=O) groups excluding carboxylic acids is 3. The fourth-order valence-corrected chi connectivity index (χ4v) is 2.38. The lowest BCUT2D eigenvalue weighted by Gasteiger charge is -2.22. The number of nitrogens with zero attached hydrogens (tertiary/aromatic N) is 2. The van der Waals surface area contributed by atoms with Gasteiger partial charge in [-0.1, -0.05) is 6.92 Å². The van der Waals surface area contributed by atoms with E-state index in [2.05, 4.69) is 5.32 Å². The van der Waals surface area contributed by atoms with E-state index in [1.807, 2.05) is 11.8 Å². The second kappa shape index (κ2) is 8.74. The summed E-state index contributed by atoms with van der Waals surface area (Å²) >= 11 is 0. The van der Waals surface area contributed by atoms with Gasteiger partial charge in [-0.05, 0) is 27.2 Å². The summed E-state index contributed by atoms with van der Waals surface area (Å²) in [6.45, 7) is 9.95. The van der Waals surface area contributed by atoms with Crippen LogP contribution in [0.2, 0.25) is 0 Å². The smallest absolute Gasteiger partial charge is 0.407 e. The van der Waals surface area contributed by atoms with Crippen molar-refractivity contribution in [2.45, 2.75) is 52.6 Å². The molecule has 0 aromatic carbocycles. The summed E-state index contributed by atoms with van der Waals surface area (Å²) < 4.78 is 5.12. The van der Waals surface area contributed by atoms with Crippen LogP contribution in [0.25, 0.3) is 0 Å². The Kier molecular flexibility index (Phi) is 7.32. The van der Waals surface area contributed by atoms with Crippen molar-refractivity contribution in [3.63, 3.8) is 0 Å². The minimum atomic E-state index is -0.547. The maximum absolute atomic E-state index is 12.2. The molecule has 1 heterocycles. The average Bonchev–Trinajstić information content (AvgIpc) is 2.70. The number of hydrogen-bond donors (Lipinski definition) is 1. The van der Waals surface area contributed by atoms with E-state index in [4.69, 9.17) is 4.74 Å². The van der Waals surface area contributed by atoms with E-state index >= 15 is 0 Å². The van der Waals surface area contributed by atoms with Gasteiger partial charge in [0, 0.05) is 45.6 Å². The Morgan fingerprint density at radius 2 is 1.57 bits per heavy atom. The Bertz CT molecular complexity index is 432. The molecule has 7 heteroatoms. The van der Waals surface area contributed by atoms with Crippen molar-refractivity contribution < 1.29 is 19.1 Å². The Morgan fingerprint density at radius 3 is 2.09 bits per heavy atom. The molecule has 1 rings (SSSR count). The van der Waals surface area contributed by atoms with Crippen molar-refractivity contribution in [2.24, 2.45) is 0 Å². The summed E-state index contributed by atoms with van der Waals surface area (Å²) in [6, 6.07) is 0. The van der Waals surface area contributed by atoms with E-state index in [1.165, 1.54) is 0 Å². The number of nitrogens with one attached hydrogen (secondary N) is 1. The molecule has 0 spiro atoms. The van der Waals surface area contributed by atoms with Crippen LogP contribution < -0.4 is 5.32 Å². The number of ether oxygens (including phenoxy) is 1. The highest BCUT2D eigenvalue weighted by molar-refractivity contribution is 5.78. The van der Waals surface area contributed by atoms with Crippen molar-refractivity contribution in [3.05, 3.63) is 0 Å². The second-order valence-corrected chi connectivity index (χ2v) is 6.65. The van der Waals surface area contributed by atoms with Crippen molar-refractivity contribution in [1.82, 2.24) is 15.1 Å². The van der Waals surface area contributed by atoms with E-state index in [0.29, 0.717) is 32.6 Å². The van der Waals surface area contributed by atoms with Gasteiger partial charge in [0.25, 0.3) is 0 Å². The highest BCUT2D eigenvalue weighted by Crippen LogP contribution is 2.08. The van der Waals surface area contributed by atoms with Crippen LogP contribution >= 0.6 is 0 Å². The molecule has 1 aliphatic heterocycles. The maximum Gasteiger partial charge on any atom is 0.407 e. The van der Waals surface area contributed by atoms with Gasteiger partial charge in [-0.3, -0.25) is 9.59 Å². The molecule has 3 amide bonds. The molecule has 1 aliphatic rings. The molecular weight excluding hydrogens is 298 g/mol. The number of rotatable bonds is 4. The van der Waals surface area contributed by atoms with Crippen LogP contribution in [-0.4, -0.2) is 66.0 Å². The van der Waals surface area contributed by atoms with Crippen LogP contribution in [-0.2, 0) is 14.3 Å². The van der Waals surface area contributed by atoms with Gasteiger partial charge in [0.1, 0.15) is 5.60 Å². The first-order valence-electron chi connectivity index (χ1n) is 8.25. The normalized spacial score (nSPS) is 15.8. The first-order valence-corrected chi connectivity index (χ1v) is 8.25. The summed E-state index contributed by atoms with van der Waals surface area (Å²) in [5.74, 6) is 0.123. The van der Waals surface area contributed by atoms with Gasteiger partial charge < -0.3 is 19.9 Å². The first kappa shape index (κ1) is 19.3. The molecule has 0 aromatic rings. The minimum absolute atomic E-state index is 0.00754. The molecule has 0 saturated carbocycles. The van der Waals surface area contributed by atoms with E-state index in [1.54, 1.807) is 25.7 Å². The molecule has 0 radical (unpaired) electrons. The molecule has 0 atom stereocenters. The van der Waals surface area contributed by atoms with Crippen LogP contribution in [0.4, 0.5) is 4.79 Å². The average molecular weight is 327 g/mol. The molecule has 1 N–H and O–H groups in total. The summed E-state index contributed by atoms with van der Waals surface area (Å²) in [7, 11) is 0. The number of amides is 3. The predicted molar refractivity (Wildman–Crippen MR) is 86.9 cm³/mol. The zero-order valence-corrected chi connectivity index (χ0v) is 14.7. The van der Waals surface area contributed by atoms with Crippen molar-refractivity contribution in [3.8, 4) is 0 Å². The molecule has 0 bridgehead atoms. The lowest BCUT2D eigenvalue weighted by atomic mass is 10.2. The quantitative estimate of drug-likeness (QED) is 0.846. The fraction of sp³-hybridized carbons (Fsp3) is 0.812. The first-order chi connectivity index (χ1) is 10.7. The van der Waals surface area contributed by atoms with E-state index in [0.717, 1.165) is 6.42 Å². The predicted octanol–water partition coefficient (Wildman–Crippen LogP) is 1.37. The third kappa shape index (κ3) is 7.34. The lowest BCUT2D eigenvalue weighted by molar-refractivity contribution is -0.133. The van der Waals surface area contributed by atoms with Crippen LogP contribution in [0.3, 0.4) is 0 Å². The van der Waals surface area contributed by atoms with Crippen LogP contribution in [0.5, 0.6) is 0 Å². The van der Waals surface area contributed by atoms with E-state index in [-0.39, 0.29) is 24.8 Å². The second-order valence-electron chi connectivity index (χ2n) is 6.65. The van der Waals surface area contributed by atoms with Gasteiger partial charge in [0.15, 0.2) is 0 Å². The molecule has 0 aliphatic carbocycles. The van der Waals surface area contributed by atoms with Crippen molar-refractivity contribution in [2.75, 3.05) is 32.7 Å². The molecule has 23 heavy (non-hydrogen) atoms. The molecule has 132 valence electrons. The summed E-state index contributed by atoms with van der Waals surface area (Å²) in [5, 5.41) is 2.59. The Labute approximate surface area is 138 Å². The number of hydrogen-bond acceptors (Lipinski definition) is 4. The summed E-state index contributed by atoms with van der Waals surface area (Å²) in [6.07, 6.45) is 1.01. The molecule has 0 aromatic heterocycles. The topological polar surface area (TPSA) is 79.0 Å². The molecule has 1 saturated heterocycles. The summed E-state index contributed by atoms with van der Waals surface area (Å²) in [4.78, 5) is 39.0. The Balaban J connectivity index is 2.32. The van der Waals surface area contributed by atoms with E-state index < -0.39 is 11.7 Å². The van der Waals surface area contributed by atoms with Crippen LogP contribution in [0.15, 0.2) is 0 Å². The summed E-state index contributed by atoms with van der Waals surface area (Å²) in [5.41, 5.74) is -0.547. The highest BCUT2D eigenvalue weighted by atomic mass is 16.6. The van der Waals surface area contributed by atoms with Crippen LogP contribution in [0.1, 0.15) is 47.0 Å². The monoisotopic (exact) mass is 327 g/mol. The van der Waals surface area contributed by atoms with Gasteiger partial charge in [0.05, 0.1) is 0 Å². The molecule has 7 nitrogen and oxygen atoms in total.